The lowest BCUT2D eigenvalue weighted by atomic mass is 10.1. The molecule has 0 unspecified atom stereocenters. The molecule has 142 valence electrons. The third-order valence-corrected chi connectivity index (χ3v) is 4.38. The molecule has 2 aromatic heterocycles. The quantitative estimate of drug-likeness (QED) is 0.494. The fraction of sp³-hybridized carbons (Fsp3) is 0.350. The van der Waals surface area contributed by atoms with E-state index in [-0.39, 0.29) is 12.4 Å². The van der Waals surface area contributed by atoms with E-state index in [2.05, 4.69) is 10.1 Å². The topological polar surface area (TPSA) is 65.7 Å². The van der Waals surface area contributed by atoms with Gasteiger partial charge in [0.2, 0.25) is 5.88 Å². The lowest BCUT2D eigenvalue weighted by Crippen LogP contribution is -2.23. The van der Waals surface area contributed by atoms with Gasteiger partial charge in [-0.25, -0.2) is 4.98 Å². The van der Waals surface area contributed by atoms with Gasteiger partial charge in [-0.2, -0.15) is 4.52 Å². The van der Waals surface area contributed by atoms with Crippen LogP contribution in [-0.4, -0.2) is 33.3 Å². The Morgan fingerprint density at radius 3 is 2.48 bits per heavy atom. The van der Waals surface area contributed by atoms with Crippen molar-refractivity contribution in [3.8, 4) is 17.0 Å². The van der Waals surface area contributed by atoms with E-state index in [0.29, 0.717) is 27.9 Å². The Morgan fingerprint density at radius 2 is 1.89 bits per heavy atom. The van der Waals surface area contributed by atoms with Crippen molar-refractivity contribution in [2.24, 2.45) is 0 Å². The molecule has 0 N–H and O–H groups in total. The highest BCUT2D eigenvalue weighted by Gasteiger charge is 2.25. The number of aromatic nitrogens is 3. The van der Waals surface area contributed by atoms with E-state index in [0.717, 1.165) is 11.1 Å². The summed E-state index contributed by atoms with van der Waals surface area (Å²) in [5.41, 5.74) is 3.06. The first-order valence-electron chi connectivity index (χ1n) is 8.60. The monoisotopic (exact) mass is 387 g/mol. The molecule has 1 aromatic carbocycles. The van der Waals surface area contributed by atoms with Crippen molar-refractivity contribution < 1.29 is 14.3 Å². The summed E-state index contributed by atoms with van der Waals surface area (Å²) in [6.45, 7) is 7.68. The van der Waals surface area contributed by atoms with Crippen molar-refractivity contribution in [3.05, 3.63) is 46.7 Å². The Kier molecular flexibility index (Phi) is 5.11. The molecule has 0 aliphatic heterocycles. The zero-order valence-electron chi connectivity index (χ0n) is 16.0. The van der Waals surface area contributed by atoms with Gasteiger partial charge in [0.25, 0.3) is 0 Å². The van der Waals surface area contributed by atoms with Crippen LogP contribution in [0, 0.1) is 6.92 Å². The molecule has 0 radical (unpaired) electrons. The summed E-state index contributed by atoms with van der Waals surface area (Å²) in [5.74, 6) is 0.0560. The molecule has 6 nitrogen and oxygen atoms in total. The normalized spacial score (nSPS) is 11.6. The molecule has 0 spiro atoms. The molecule has 7 heteroatoms. The number of fused-ring (bicyclic) bond motifs is 1. The third-order valence-electron chi connectivity index (χ3n) is 3.99. The number of nitrogens with zero attached hydrogens (tertiary/aromatic N) is 3. The fourth-order valence-electron chi connectivity index (χ4n) is 2.77. The molecule has 3 aromatic rings. The summed E-state index contributed by atoms with van der Waals surface area (Å²) >= 11 is 6.59. The highest BCUT2D eigenvalue weighted by Crippen LogP contribution is 2.37. The van der Waals surface area contributed by atoms with Crippen LogP contribution in [0.5, 0.6) is 5.88 Å². The predicted molar refractivity (Wildman–Crippen MR) is 104 cm³/mol. The number of hydrogen-bond donors (Lipinski definition) is 0. The number of ether oxygens (including phenoxy) is 2. The Labute approximate surface area is 163 Å². The number of carbonyl (C=O) groups is 1. The van der Waals surface area contributed by atoms with Crippen LogP contribution in [0.4, 0.5) is 0 Å². The fourth-order valence-corrected chi connectivity index (χ4v) is 3.09. The molecule has 0 saturated heterocycles. The molecular weight excluding hydrogens is 366 g/mol. The minimum Gasteiger partial charge on any atom is -0.470 e. The summed E-state index contributed by atoms with van der Waals surface area (Å²) in [6.07, 6.45) is 0.0279. The van der Waals surface area contributed by atoms with Gasteiger partial charge in [-0.15, -0.1) is 5.10 Å². The van der Waals surface area contributed by atoms with Gasteiger partial charge in [-0.3, -0.25) is 4.79 Å². The van der Waals surface area contributed by atoms with Crippen molar-refractivity contribution in [1.82, 2.24) is 14.6 Å². The van der Waals surface area contributed by atoms with E-state index in [1.54, 1.807) is 0 Å². The maximum Gasteiger partial charge on any atom is 0.310 e. The van der Waals surface area contributed by atoms with E-state index < -0.39 is 5.60 Å². The van der Waals surface area contributed by atoms with E-state index in [9.17, 15) is 4.79 Å². The van der Waals surface area contributed by atoms with Gasteiger partial charge in [0.1, 0.15) is 10.8 Å². The number of carbonyl (C=O) groups excluding carboxylic acids is 1. The molecule has 0 saturated carbocycles. The Morgan fingerprint density at radius 1 is 1.22 bits per heavy atom. The summed E-state index contributed by atoms with van der Waals surface area (Å²) < 4.78 is 12.4. The van der Waals surface area contributed by atoms with E-state index in [1.807, 2.05) is 58.0 Å². The predicted octanol–water partition coefficient (Wildman–Crippen LogP) is 4.25. The number of aryl methyl sites for hydroxylation is 1. The Balaban J connectivity index is 2.28. The van der Waals surface area contributed by atoms with Crippen LogP contribution < -0.4 is 4.74 Å². The number of halogens is 1. The molecule has 0 aliphatic rings. The van der Waals surface area contributed by atoms with Crippen LogP contribution in [-0.2, 0) is 16.0 Å². The van der Waals surface area contributed by atoms with Gasteiger partial charge in [-0.1, -0.05) is 41.9 Å². The van der Waals surface area contributed by atoms with Crippen LogP contribution in [0.3, 0.4) is 0 Å². The first kappa shape index (κ1) is 19.2. The van der Waals surface area contributed by atoms with Gasteiger partial charge < -0.3 is 9.47 Å². The van der Waals surface area contributed by atoms with Gasteiger partial charge in [0.15, 0.2) is 5.65 Å². The smallest absolute Gasteiger partial charge is 0.310 e. The van der Waals surface area contributed by atoms with Gasteiger partial charge in [0.05, 0.1) is 19.1 Å². The standard InChI is InChI=1S/C20H22ClN3O3/c1-12-14(11-15(25)26-5)17(21)24-18(22-12)16(13-9-7-6-8-10-13)19(23-24)27-20(2,3)4/h6-10H,11H2,1-5H3. The second kappa shape index (κ2) is 7.19. The van der Waals surface area contributed by atoms with Crippen LogP contribution in [0.25, 0.3) is 16.8 Å². The lowest BCUT2D eigenvalue weighted by molar-refractivity contribution is -0.139. The van der Waals surface area contributed by atoms with Crippen molar-refractivity contribution in [2.45, 2.75) is 39.7 Å². The molecular formula is C20H22ClN3O3. The second-order valence-electron chi connectivity index (χ2n) is 7.22. The Bertz CT molecular complexity index is 991. The maximum atomic E-state index is 11.7. The highest BCUT2D eigenvalue weighted by atomic mass is 35.5. The molecule has 2 heterocycles. The number of rotatable bonds is 4. The third kappa shape index (κ3) is 3.90. The van der Waals surface area contributed by atoms with Crippen LogP contribution in [0.1, 0.15) is 32.0 Å². The molecule has 3 rings (SSSR count). The summed E-state index contributed by atoms with van der Waals surface area (Å²) in [6, 6.07) is 9.78. The summed E-state index contributed by atoms with van der Waals surface area (Å²) in [7, 11) is 1.34. The number of methoxy groups -OCH3 is 1. The average molecular weight is 388 g/mol. The van der Waals surface area contributed by atoms with Crippen LogP contribution in [0.15, 0.2) is 30.3 Å². The minimum atomic E-state index is -0.447. The van der Waals surface area contributed by atoms with Crippen molar-refractivity contribution in [2.75, 3.05) is 7.11 Å². The van der Waals surface area contributed by atoms with Gasteiger partial charge >= 0.3 is 5.97 Å². The molecule has 27 heavy (non-hydrogen) atoms. The minimum absolute atomic E-state index is 0.0279. The van der Waals surface area contributed by atoms with Gasteiger partial charge in [-0.05, 0) is 33.3 Å². The van der Waals surface area contributed by atoms with Crippen molar-refractivity contribution in [3.63, 3.8) is 0 Å². The second-order valence-corrected chi connectivity index (χ2v) is 7.57. The zero-order valence-corrected chi connectivity index (χ0v) is 16.8. The molecule has 0 aliphatic carbocycles. The molecule has 0 atom stereocenters. The number of esters is 1. The number of hydrogen-bond acceptors (Lipinski definition) is 5. The van der Waals surface area contributed by atoms with Crippen LogP contribution >= 0.6 is 11.6 Å². The van der Waals surface area contributed by atoms with E-state index in [4.69, 9.17) is 21.1 Å². The SMILES string of the molecule is COC(=O)Cc1c(C)nc2c(-c3ccccc3)c(OC(C)(C)C)nn2c1Cl. The summed E-state index contributed by atoms with van der Waals surface area (Å²) in [4.78, 5) is 16.4. The van der Waals surface area contributed by atoms with E-state index >= 15 is 0 Å². The summed E-state index contributed by atoms with van der Waals surface area (Å²) in [5, 5.41) is 4.88. The average Bonchev–Trinajstić information content (AvgIpc) is 2.95. The molecule has 0 fully saturated rings. The maximum absolute atomic E-state index is 11.7. The highest BCUT2D eigenvalue weighted by molar-refractivity contribution is 6.30. The largest absolute Gasteiger partial charge is 0.470 e. The lowest BCUT2D eigenvalue weighted by Gasteiger charge is -2.20. The number of benzene rings is 1. The van der Waals surface area contributed by atoms with E-state index in [1.165, 1.54) is 11.6 Å². The van der Waals surface area contributed by atoms with Crippen molar-refractivity contribution in [1.29, 1.82) is 0 Å². The molecule has 0 bridgehead atoms. The molecule has 0 amide bonds. The first-order chi connectivity index (χ1) is 12.7. The zero-order chi connectivity index (χ0) is 19.8. The van der Waals surface area contributed by atoms with Crippen molar-refractivity contribution >= 4 is 23.2 Å². The van der Waals surface area contributed by atoms with Gasteiger partial charge in [0, 0.05) is 11.3 Å². The first-order valence-corrected chi connectivity index (χ1v) is 8.98. The van der Waals surface area contributed by atoms with Crippen LogP contribution in [0.2, 0.25) is 5.15 Å². The Hall–Kier alpha value is -2.60.